The van der Waals surface area contributed by atoms with E-state index in [1.165, 1.54) is 4.68 Å². The molecule has 9 heteroatoms. The summed E-state index contributed by atoms with van der Waals surface area (Å²) in [6.07, 6.45) is -4.65. The smallest absolute Gasteiger partial charge is 0.417 e. The normalized spacial score (nSPS) is 11.6. The summed E-state index contributed by atoms with van der Waals surface area (Å²) >= 11 is 9.33. The van der Waals surface area contributed by atoms with Gasteiger partial charge in [0.05, 0.1) is 22.3 Å². The molecule has 4 nitrogen and oxygen atoms in total. The maximum absolute atomic E-state index is 14.6. The molecule has 0 saturated heterocycles. The van der Waals surface area contributed by atoms with Crippen molar-refractivity contribution < 1.29 is 17.9 Å². The van der Waals surface area contributed by atoms with Crippen LogP contribution in [0.5, 0.6) is 5.75 Å². The third-order valence-corrected chi connectivity index (χ3v) is 7.31. The van der Waals surface area contributed by atoms with Crippen LogP contribution in [-0.4, -0.2) is 14.8 Å². The summed E-state index contributed by atoms with van der Waals surface area (Å²) in [6, 6.07) is 31.2. The first kappa shape index (κ1) is 27.1. The van der Waals surface area contributed by atoms with Crippen LogP contribution in [0.25, 0.3) is 39.2 Å². The lowest BCUT2D eigenvalue weighted by Crippen LogP contribution is -2.08. The minimum Gasteiger partial charge on any atom is -0.489 e. The van der Waals surface area contributed by atoms with Crippen molar-refractivity contribution in [1.82, 2.24) is 14.8 Å². The molecule has 204 valence electrons. The third kappa shape index (κ3) is 5.71. The summed E-state index contributed by atoms with van der Waals surface area (Å²) in [5.74, 6) is 0.577. The Labute approximate surface area is 247 Å². The third-order valence-electron chi connectivity index (χ3n) is 6.53. The fourth-order valence-electron chi connectivity index (χ4n) is 4.52. The van der Waals surface area contributed by atoms with Gasteiger partial charge in [-0.05, 0) is 72.3 Å². The zero-order valence-electron chi connectivity index (χ0n) is 21.2. The second-order valence-corrected chi connectivity index (χ2v) is 10.6. The first-order valence-electron chi connectivity index (χ1n) is 12.6. The Morgan fingerprint density at radius 2 is 1.46 bits per heavy atom. The number of alkyl halides is 3. The number of aromatic nitrogens is 3. The molecule has 0 unspecified atom stereocenters. The standard InChI is InChI=1S/C32H20BrClF3N3O/c33-23-12-8-22(9-13-23)30-29-27(32(35,36)37)18-28(38-31(29)40(39-30)25-4-2-1-3-5-25)21-10-16-26(17-11-21)41-19-20-6-14-24(34)15-7-20/h1-18H,19H2. The Hall–Kier alpha value is -4.14. The monoisotopic (exact) mass is 633 g/mol. The molecule has 0 bridgehead atoms. The molecule has 6 aromatic rings. The van der Waals surface area contributed by atoms with Crippen LogP contribution in [0.4, 0.5) is 13.2 Å². The average molecular weight is 635 g/mol. The molecule has 0 saturated carbocycles. The van der Waals surface area contributed by atoms with Crippen molar-refractivity contribution in [2.24, 2.45) is 0 Å². The molecule has 2 aromatic heterocycles. The maximum atomic E-state index is 14.6. The number of fused-ring (bicyclic) bond motifs is 1. The molecule has 2 heterocycles. The molecule has 0 aliphatic heterocycles. The topological polar surface area (TPSA) is 39.9 Å². The minimum absolute atomic E-state index is 0.0599. The van der Waals surface area contributed by atoms with Gasteiger partial charge in [-0.2, -0.15) is 18.3 Å². The van der Waals surface area contributed by atoms with Gasteiger partial charge in [-0.15, -0.1) is 0 Å². The molecule has 41 heavy (non-hydrogen) atoms. The van der Waals surface area contributed by atoms with Crippen LogP contribution in [0.1, 0.15) is 11.1 Å². The fraction of sp³-hybridized carbons (Fsp3) is 0.0625. The minimum atomic E-state index is -4.65. The van der Waals surface area contributed by atoms with Gasteiger partial charge in [-0.1, -0.05) is 70.0 Å². The van der Waals surface area contributed by atoms with Crippen LogP contribution in [0.15, 0.2) is 114 Å². The molecule has 0 aliphatic rings. The number of hydrogen-bond donors (Lipinski definition) is 0. The fourth-order valence-corrected chi connectivity index (χ4v) is 4.91. The Bertz CT molecular complexity index is 1820. The van der Waals surface area contributed by atoms with E-state index in [-0.39, 0.29) is 22.4 Å². The van der Waals surface area contributed by atoms with Gasteiger partial charge in [0.2, 0.25) is 0 Å². The second-order valence-electron chi connectivity index (χ2n) is 9.29. The molecule has 0 fully saturated rings. The average Bonchev–Trinajstić information content (AvgIpc) is 3.36. The molecular weight excluding hydrogens is 615 g/mol. The summed E-state index contributed by atoms with van der Waals surface area (Å²) in [6.45, 7) is 0.327. The molecule has 0 N–H and O–H groups in total. The lowest BCUT2D eigenvalue weighted by Gasteiger charge is -2.13. The largest absolute Gasteiger partial charge is 0.489 e. The summed E-state index contributed by atoms with van der Waals surface area (Å²) in [5, 5.41) is 5.23. The molecule has 0 aliphatic carbocycles. The van der Waals surface area contributed by atoms with Crippen molar-refractivity contribution in [3.63, 3.8) is 0 Å². The van der Waals surface area contributed by atoms with Gasteiger partial charge in [-0.25, -0.2) is 9.67 Å². The highest BCUT2D eigenvalue weighted by Gasteiger charge is 2.36. The zero-order valence-corrected chi connectivity index (χ0v) is 23.6. The number of halogens is 5. The number of benzene rings is 4. The van der Waals surface area contributed by atoms with E-state index in [1.807, 2.05) is 18.2 Å². The van der Waals surface area contributed by atoms with Crippen molar-refractivity contribution in [1.29, 1.82) is 0 Å². The van der Waals surface area contributed by atoms with E-state index in [2.05, 4.69) is 21.0 Å². The first-order valence-corrected chi connectivity index (χ1v) is 13.7. The van der Waals surface area contributed by atoms with Crippen LogP contribution in [0.3, 0.4) is 0 Å². The van der Waals surface area contributed by atoms with E-state index >= 15 is 0 Å². The quantitative estimate of drug-likeness (QED) is 0.183. The molecule has 4 aromatic carbocycles. The molecule has 0 spiro atoms. The number of nitrogens with zero attached hydrogens (tertiary/aromatic N) is 3. The van der Waals surface area contributed by atoms with E-state index in [0.29, 0.717) is 34.2 Å². The van der Waals surface area contributed by atoms with Crippen LogP contribution in [-0.2, 0) is 12.8 Å². The van der Waals surface area contributed by atoms with Crippen molar-refractivity contribution in [3.8, 4) is 34.0 Å². The first-order chi connectivity index (χ1) is 19.8. The van der Waals surface area contributed by atoms with Gasteiger partial charge in [0.15, 0.2) is 5.65 Å². The van der Waals surface area contributed by atoms with Gasteiger partial charge in [0, 0.05) is 20.6 Å². The van der Waals surface area contributed by atoms with Crippen molar-refractivity contribution in [2.45, 2.75) is 12.8 Å². The summed E-state index contributed by atoms with van der Waals surface area (Å²) in [7, 11) is 0. The molecule has 0 radical (unpaired) electrons. The second kappa shape index (κ2) is 11.0. The molecule has 0 atom stereocenters. The van der Waals surface area contributed by atoms with Gasteiger partial charge in [0.25, 0.3) is 0 Å². The Morgan fingerprint density at radius 1 is 0.805 bits per heavy atom. The van der Waals surface area contributed by atoms with E-state index in [0.717, 1.165) is 16.1 Å². The molecule has 0 amide bonds. The SMILES string of the molecule is FC(F)(F)c1cc(-c2ccc(OCc3ccc(Cl)cc3)cc2)nc2c1c(-c1ccc(Br)cc1)nn2-c1ccccc1. The van der Waals surface area contributed by atoms with E-state index in [1.54, 1.807) is 84.9 Å². The number of para-hydroxylation sites is 1. The number of ether oxygens (including phenoxy) is 1. The van der Waals surface area contributed by atoms with E-state index in [9.17, 15) is 13.2 Å². The Kier molecular flexibility index (Phi) is 7.28. The van der Waals surface area contributed by atoms with E-state index in [4.69, 9.17) is 21.3 Å². The van der Waals surface area contributed by atoms with Gasteiger partial charge in [0.1, 0.15) is 18.1 Å². The summed E-state index contributed by atoms with van der Waals surface area (Å²) in [4.78, 5) is 4.73. The highest BCUT2D eigenvalue weighted by atomic mass is 79.9. The highest BCUT2D eigenvalue weighted by molar-refractivity contribution is 9.10. The Balaban J connectivity index is 1.46. The Morgan fingerprint density at radius 3 is 2.12 bits per heavy atom. The van der Waals surface area contributed by atoms with Gasteiger partial charge >= 0.3 is 6.18 Å². The predicted molar refractivity (Wildman–Crippen MR) is 158 cm³/mol. The molecular formula is C32H20BrClF3N3O. The van der Waals surface area contributed by atoms with Crippen LogP contribution in [0, 0.1) is 0 Å². The van der Waals surface area contributed by atoms with Crippen LogP contribution < -0.4 is 4.74 Å². The van der Waals surface area contributed by atoms with Crippen molar-refractivity contribution >= 4 is 38.6 Å². The zero-order chi connectivity index (χ0) is 28.6. The van der Waals surface area contributed by atoms with Gasteiger partial charge in [-0.3, -0.25) is 0 Å². The maximum Gasteiger partial charge on any atom is 0.417 e. The number of hydrogen-bond acceptors (Lipinski definition) is 3. The lowest BCUT2D eigenvalue weighted by atomic mass is 10.0. The van der Waals surface area contributed by atoms with Gasteiger partial charge < -0.3 is 4.74 Å². The predicted octanol–water partition coefficient (Wildman–Crippen LogP) is 9.77. The number of rotatable bonds is 6. The highest BCUT2D eigenvalue weighted by Crippen LogP contribution is 2.42. The summed E-state index contributed by atoms with van der Waals surface area (Å²) in [5.41, 5.74) is 2.29. The lowest BCUT2D eigenvalue weighted by molar-refractivity contribution is -0.136. The molecule has 6 rings (SSSR count). The van der Waals surface area contributed by atoms with E-state index < -0.39 is 11.7 Å². The van der Waals surface area contributed by atoms with Crippen LogP contribution in [0.2, 0.25) is 5.02 Å². The van der Waals surface area contributed by atoms with Crippen molar-refractivity contribution in [2.75, 3.05) is 0 Å². The summed E-state index contributed by atoms with van der Waals surface area (Å²) < 4.78 is 52.0. The van der Waals surface area contributed by atoms with Crippen molar-refractivity contribution in [3.05, 3.63) is 130 Å². The number of pyridine rings is 1. The van der Waals surface area contributed by atoms with Crippen LogP contribution >= 0.6 is 27.5 Å².